The molecule has 0 nitrogen and oxygen atoms in total. The number of hydrogen-bond donors (Lipinski definition) is 0. The molecular weight excluding hydrogens is 312 g/mol. The monoisotopic (exact) mass is 358 g/mol. The molecule has 0 heteroatoms. The summed E-state index contributed by atoms with van der Waals surface area (Å²) in [5.74, 6) is 8.03. The Morgan fingerprint density at radius 2 is 1.50 bits per heavy atom. The Balaban J connectivity index is 1.54. The molecule has 0 heterocycles. The number of hydrogen-bond acceptors (Lipinski definition) is 0. The van der Waals surface area contributed by atoms with Crippen molar-refractivity contribution in [2.75, 3.05) is 0 Å². The fourth-order valence-corrected chi connectivity index (χ4v) is 9.36. The summed E-state index contributed by atoms with van der Waals surface area (Å²) in [5.41, 5.74) is 1.36. The summed E-state index contributed by atoms with van der Waals surface area (Å²) >= 11 is 0. The fourth-order valence-electron chi connectivity index (χ4n) is 9.36. The van der Waals surface area contributed by atoms with Gasteiger partial charge in [0.25, 0.3) is 0 Å². The summed E-state index contributed by atoms with van der Waals surface area (Å²) in [6.45, 7) is 15.4. The maximum atomic E-state index is 2.74. The lowest BCUT2D eigenvalue weighted by Gasteiger charge is -2.61. The first kappa shape index (κ1) is 19.3. The van der Waals surface area contributed by atoms with Gasteiger partial charge in [-0.2, -0.15) is 0 Å². The standard InChI is InChI=1S/C26H46/c1-17(2)15-19(4)22-9-10-23-21-8-7-20-16-18(3)11-13-25(20,5)24(21)12-14-26(22,23)6/h17-24H,7-16H2,1-6H3. The lowest BCUT2D eigenvalue weighted by atomic mass is 9.44. The van der Waals surface area contributed by atoms with E-state index in [0.29, 0.717) is 10.8 Å². The molecule has 0 saturated heterocycles. The van der Waals surface area contributed by atoms with Gasteiger partial charge in [-0.05, 0) is 116 Å². The summed E-state index contributed by atoms with van der Waals surface area (Å²) in [6.07, 6.45) is 15.4. The molecule has 0 radical (unpaired) electrons. The van der Waals surface area contributed by atoms with Crippen molar-refractivity contribution in [3.63, 3.8) is 0 Å². The van der Waals surface area contributed by atoms with Gasteiger partial charge in [-0.3, -0.25) is 0 Å². The Kier molecular flexibility index (Phi) is 5.06. The van der Waals surface area contributed by atoms with Crippen LogP contribution < -0.4 is 0 Å². The highest BCUT2D eigenvalue weighted by Crippen LogP contribution is 2.68. The molecule has 0 spiro atoms. The van der Waals surface area contributed by atoms with E-state index in [4.69, 9.17) is 0 Å². The third kappa shape index (κ3) is 2.91. The number of fused-ring (bicyclic) bond motifs is 5. The van der Waals surface area contributed by atoms with Crippen molar-refractivity contribution in [2.24, 2.45) is 58.2 Å². The van der Waals surface area contributed by atoms with Crippen LogP contribution >= 0.6 is 0 Å². The first-order chi connectivity index (χ1) is 12.3. The highest BCUT2D eigenvalue weighted by molar-refractivity contribution is 5.09. The topological polar surface area (TPSA) is 0 Å². The zero-order valence-electron chi connectivity index (χ0n) is 18.7. The van der Waals surface area contributed by atoms with Crippen LogP contribution in [0.1, 0.15) is 106 Å². The minimum Gasteiger partial charge on any atom is -0.0628 e. The van der Waals surface area contributed by atoms with Gasteiger partial charge in [0.05, 0.1) is 0 Å². The molecule has 0 aromatic heterocycles. The van der Waals surface area contributed by atoms with Crippen molar-refractivity contribution in [1.29, 1.82) is 0 Å². The lowest BCUT2D eigenvalue weighted by molar-refractivity contribution is -0.120. The van der Waals surface area contributed by atoms with Crippen LogP contribution in [0.25, 0.3) is 0 Å². The van der Waals surface area contributed by atoms with E-state index < -0.39 is 0 Å². The van der Waals surface area contributed by atoms with E-state index in [1.807, 2.05) is 0 Å². The van der Waals surface area contributed by atoms with E-state index >= 15 is 0 Å². The Hall–Kier alpha value is 0. The maximum absolute atomic E-state index is 2.74. The van der Waals surface area contributed by atoms with Crippen molar-refractivity contribution in [3.8, 4) is 0 Å². The van der Waals surface area contributed by atoms with E-state index in [0.717, 1.165) is 47.3 Å². The Morgan fingerprint density at radius 1 is 0.808 bits per heavy atom. The van der Waals surface area contributed by atoms with Gasteiger partial charge < -0.3 is 0 Å². The van der Waals surface area contributed by atoms with Crippen LogP contribution in [0, 0.1) is 58.2 Å². The normalized spacial score (nSPS) is 52.3. The van der Waals surface area contributed by atoms with Crippen LogP contribution in [0.3, 0.4) is 0 Å². The summed E-state index contributed by atoms with van der Waals surface area (Å²) < 4.78 is 0. The molecule has 0 aliphatic heterocycles. The molecule has 4 rings (SSSR count). The highest BCUT2D eigenvalue weighted by atomic mass is 14.6. The van der Waals surface area contributed by atoms with Crippen LogP contribution in [-0.2, 0) is 0 Å². The third-order valence-corrected chi connectivity index (χ3v) is 10.5. The van der Waals surface area contributed by atoms with Crippen LogP contribution in [0.2, 0.25) is 0 Å². The summed E-state index contributed by atoms with van der Waals surface area (Å²) in [6, 6.07) is 0. The van der Waals surface area contributed by atoms with E-state index in [-0.39, 0.29) is 0 Å². The van der Waals surface area contributed by atoms with E-state index in [1.54, 1.807) is 32.1 Å². The van der Waals surface area contributed by atoms with Gasteiger partial charge in [0.2, 0.25) is 0 Å². The second-order valence-electron chi connectivity index (χ2n) is 12.4. The number of rotatable bonds is 3. The second-order valence-corrected chi connectivity index (χ2v) is 12.4. The first-order valence-corrected chi connectivity index (χ1v) is 12.3. The predicted octanol–water partition coefficient (Wildman–Crippen LogP) is 7.96. The molecule has 0 N–H and O–H groups in total. The summed E-state index contributed by atoms with van der Waals surface area (Å²) in [5, 5.41) is 0. The van der Waals surface area contributed by atoms with Crippen molar-refractivity contribution >= 4 is 0 Å². The van der Waals surface area contributed by atoms with Crippen LogP contribution in [-0.4, -0.2) is 0 Å². The quantitative estimate of drug-likeness (QED) is 0.480. The fraction of sp³-hybridized carbons (Fsp3) is 1.00. The molecule has 0 bridgehead atoms. The van der Waals surface area contributed by atoms with Crippen molar-refractivity contribution in [1.82, 2.24) is 0 Å². The first-order valence-electron chi connectivity index (χ1n) is 12.3. The molecule has 26 heavy (non-hydrogen) atoms. The zero-order chi connectivity index (χ0) is 18.7. The van der Waals surface area contributed by atoms with E-state index in [2.05, 4.69) is 41.5 Å². The van der Waals surface area contributed by atoms with Gasteiger partial charge >= 0.3 is 0 Å². The average molecular weight is 359 g/mol. The van der Waals surface area contributed by atoms with Gasteiger partial charge in [0.1, 0.15) is 0 Å². The molecule has 4 aliphatic rings. The maximum Gasteiger partial charge on any atom is -0.0264 e. The largest absolute Gasteiger partial charge is 0.0628 e. The lowest BCUT2D eigenvalue weighted by Crippen LogP contribution is -2.53. The van der Waals surface area contributed by atoms with Crippen LogP contribution in [0.5, 0.6) is 0 Å². The van der Waals surface area contributed by atoms with Crippen LogP contribution in [0.4, 0.5) is 0 Å². The van der Waals surface area contributed by atoms with Gasteiger partial charge in [-0.25, -0.2) is 0 Å². The van der Waals surface area contributed by atoms with Gasteiger partial charge in [0.15, 0.2) is 0 Å². The molecule has 4 aliphatic carbocycles. The minimum absolute atomic E-state index is 0.667. The van der Waals surface area contributed by atoms with E-state index in [1.165, 1.54) is 32.1 Å². The molecule has 0 aromatic carbocycles. The second kappa shape index (κ2) is 6.81. The molecule has 0 aromatic rings. The summed E-state index contributed by atoms with van der Waals surface area (Å²) in [7, 11) is 0. The molecule has 0 amide bonds. The van der Waals surface area contributed by atoms with Gasteiger partial charge in [-0.1, -0.05) is 48.0 Å². The third-order valence-electron chi connectivity index (χ3n) is 10.5. The smallest absolute Gasteiger partial charge is 0.0264 e. The molecule has 9 unspecified atom stereocenters. The average Bonchev–Trinajstić information content (AvgIpc) is 2.92. The SMILES string of the molecule is CC(C)CC(C)C1CCC2C3CCC4CC(C)CCC4(C)C3CCC12C. The van der Waals surface area contributed by atoms with E-state index in [9.17, 15) is 0 Å². The minimum atomic E-state index is 0.667. The Bertz CT molecular complexity index is 506. The molecule has 4 saturated carbocycles. The van der Waals surface area contributed by atoms with Crippen molar-refractivity contribution in [3.05, 3.63) is 0 Å². The summed E-state index contributed by atoms with van der Waals surface area (Å²) in [4.78, 5) is 0. The molecule has 4 fully saturated rings. The van der Waals surface area contributed by atoms with Crippen molar-refractivity contribution in [2.45, 2.75) is 106 Å². The Labute approximate surface area is 164 Å². The molecular formula is C26H46. The highest BCUT2D eigenvalue weighted by Gasteiger charge is 2.60. The van der Waals surface area contributed by atoms with Gasteiger partial charge in [-0.15, -0.1) is 0 Å². The molecule has 9 atom stereocenters. The zero-order valence-corrected chi connectivity index (χ0v) is 18.7. The van der Waals surface area contributed by atoms with Gasteiger partial charge in [0, 0.05) is 0 Å². The molecule has 150 valence electrons. The predicted molar refractivity (Wildman–Crippen MR) is 113 cm³/mol. The Morgan fingerprint density at radius 3 is 2.23 bits per heavy atom. The van der Waals surface area contributed by atoms with Crippen LogP contribution in [0.15, 0.2) is 0 Å². The van der Waals surface area contributed by atoms with Crippen molar-refractivity contribution < 1.29 is 0 Å².